The molecule has 2 atom stereocenters. The first-order valence-electron chi connectivity index (χ1n) is 10.5. The monoisotopic (exact) mass is 491 g/mol. The molecule has 0 fully saturated rings. The lowest BCUT2D eigenvalue weighted by Crippen LogP contribution is -2.43. The maximum Gasteiger partial charge on any atom is 0.411 e. The van der Waals surface area contributed by atoms with Crippen LogP contribution in [0.2, 0.25) is 0 Å². The SMILES string of the molecule is O=C(N[C@H]1COc2ccc(COCC(F)(F)F)cc2C1)c1cc2n(n1)C[C@H](CCOC(F)F)O2. The fraction of sp³-hybridized carbons (Fsp3) is 0.524. The molecule has 2 aliphatic rings. The molecule has 4 rings (SSSR count). The topological polar surface area (TPSA) is 83.8 Å². The van der Waals surface area contributed by atoms with Crippen molar-refractivity contribution in [1.82, 2.24) is 15.1 Å². The summed E-state index contributed by atoms with van der Waals surface area (Å²) in [6, 6.07) is 6.09. The Balaban J connectivity index is 1.28. The van der Waals surface area contributed by atoms with Crippen LogP contribution in [0.5, 0.6) is 11.6 Å². The zero-order chi connectivity index (χ0) is 24.3. The lowest BCUT2D eigenvalue weighted by atomic mass is 10.0. The summed E-state index contributed by atoms with van der Waals surface area (Å²) in [6.07, 6.45) is -4.08. The predicted molar refractivity (Wildman–Crippen MR) is 106 cm³/mol. The number of rotatable bonds is 9. The molecule has 0 unspecified atom stereocenters. The van der Waals surface area contributed by atoms with Crippen LogP contribution in [0.1, 0.15) is 28.0 Å². The molecule has 0 aliphatic carbocycles. The first-order chi connectivity index (χ1) is 16.2. The highest BCUT2D eigenvalue weighted by molar-refractivity contribution is 5.92. The lowest BCUT2D eigenvalue weighted by molar-refractivity contribution is -0.176. The highest BCUT2D eigenvalue weighted by Crippen LogP contribution is 2.28. The van der Waals surface area contributed by atoms with E-state index >= 15 is 0 Å². The minimum Gasteiger partial charge on any atom is -0.491 e. The third-order valence-corrected chi connectivity index (χ3v) is 5.22. The average Bonchev–Trinajstić information content (AvgIpc) is 3.31. The van der Waals surface area contributed by atoms with Gasteiger partial charge >= 0.3 is 12.8 Å². The number of aromatic nitrogens is 2. The highest BCUT2D eigenvalue weighted by Gasteiger charge is 2.29. The van der Waals surface area contributed by atoms with Gasteiger partial charge in [-0.05, 0) is 29.7 Å². The van der Waals surface area contributed by atoms with Gasteiger partial charge in [0.15, 0.2) is 5.69 Å². The van der Waals surface area contributed by atoms with Crippen LogP contribution < -0.4 is 14.8 Å². The Bertz CT molecular complexity index is 990. The predicted octanol–water partition coefficient (Wildman–Crippen LogP) is 3.09. The minimum absolute atomic E-state index is 0.136. The first kappa shape index (κ1) is 24.2. The molecule has 1 amide bonds. The summed E-state index contributed by atoms with van der Waals surface area (Å²) in [4.78, 5) is 12.6. The quantitative estimate of drug-likeness (QED) is 0.543. The van der Waals surface area contributed by atoms with Crippen LogP contribution in [0.3, 0.4) is 0 Å². The molecule has 1 N–H and O–H groups in total. The number of benzene rings is 1. The second-order valence-electron chi connectivity index (χ2n) is 7.95. The second-order valence-corrected chi connectivity index (χ2v) is 7.95. The van der Waals surface area contributed by atoms with Crippen LogP contribution in [-0.2, 0) is 29.0 Å². The van der Waals surface area contributed by atoms with Gasteiger partial charge in [0, 0.05) is 12.5 Å². The van der Waals surface area contributed by atoms with Crippen LogP contribution >= 0.6 is 0 Å². The molecule has 8 nitrogen and oxygen atoms in total. The van der Waals surface area contributed by atoms with E-state index in [2.05, 4.69) is 15.2 Å². The first-order valence-corrected chi connectivity index (χ1v) is 10.5. The zero-order valence-electron chi connectivity index (χ0n) is 17.8. The maximum atomic E-state index is 12.6. The summed E-state index contributed by atoms with van der Waals surface area (Å²) in [5.41, 5.74) is 1.45. The summed E-state index contributed by atoms with van der Waals surface area (Å²) < 4.78 is 82.6. The molecule has 0 bridgehead atoms. The molecular weight excluding hydrogens is 469 g/mol. The fourth-order valence-corrected chi connectivity index (χ4v) is 3.75. The van der Waals surface area contributed by atoms with Gasteiger partial charge < -0.3 is 24.3 Å². The number of amides is 1. The van der Waals surface area contributed by atoms with E-state index in [1.54, 1.807) is 18.2 Å². The molecule has 3 heterocycles. The van der Waals surface area contributed by atoms with Gasteiger partial charge in [-0.3, -0.25) is 4.79 Å². The van der Waals surface area contributed by atoms with Crippen LogP contribution in [-0.4, -0.2) is 60.4 Å². The van der Waals surface area contributed by atoms with Crippen LogP contribution in [0.15, 0.2) is 24.3 Å². The number of hydrogen-bond acceptors (Lipinski definition) is 6. The van der Waals surface area contributed by atoms with Gasteiger partial charge in [0.05, 0.1) is 25.8 Å². The normalized spacial score (nSPS) is 19.4. The van der Waals surface area contributed by atoms with E-state index in [-0.39, 0.29) is 44.1 Å². The van der Waals surface area contributed by atoms with E-state index in [0.29, 0.717) is 30.2 Å². The number of hydrogen-bond donors (Lipinski definition) is 1. The number of ether oxygens (including phenoxy) is 4. The van der Waals surface area contributed by atoms with Crippen molar-refractivity contribution in [1.29, 1.82) is 0 Å². The Hall–Kier alpha value is -2.93. The summed E-state index contributed by atoms with van der Waals surface area (Å²) in [5.74, 6) is 0.520. The van der Waals surface area contributed by atoms with Crippen LogP contribution in [0.4, 0.5) is 22.0 Å². The van der Waals surface area contributed by atoms with Crippen LogP contribution in [0, 0.1) is 0 Å². The van der Waals surface area contributed by atoms with Gasteiger partial charge in [-0.2, -0.15) is 27.1 Å². The molecule has 186 valence electrons. The number of carbonyl (C=O) groups is 1. The number of fused-ring (bicyclic) bond motifs is 2. The lowest BCUT2D eigenvalue weighted by Gasteiger charge is -2.26. The Morgan fingerprint density at radius 1 is 1.29 bits per heavy atom. The largest absolute Gasteiger partial charge is 0.491 e. The number of carbonyl (C=O) groups excluding carboxylic acids is 1. The molecular formula is C21H22F5N3O5. The van der Waals surface area contributed by atoms with E-state index in [1.165, 1.54) is 10.7 Å². The molecule has 0 saturated heterocycles. The van der Waals surface area contributed by atoms with Crippen molar-refractivity contribution in [2.24, 2.45) is 0 Å². The molecule has 1 aromatic carbocycles. The van der Waals surface area contributed by atoms with Crippen molar-refractivity contribution < 1.29 is 45.7 Å². The molecule has 2 aromatic rings. The van der Waals surface area contributed by atoms with Gasteiger partial charge in [0.25, 0.3) is 5.91 Å². The van der Waals surface area contributed by atoms with Crippen molar-refractivity contribution in [2.45, 2.75) is 50.9 Å². The molecule has 0 radical (unpaired) electrons. The van der Waals surface area contributed by atoms with Gasteiger partial charge in [0.1, 0.15) is 25.1 Å². The summed E-state index contributed by atoms with van der Waals surface area (Å²) >= 11 is 0. The van der Waals surface area contributed by atoms with E-state index in [4.69, 9.17) is 14.2 Å². The number of nitrogens with one attached hydrogen (secondary N) is 1. The standard InChI is InChI=1S/C21H22F5N3O5/c22-20(23)32-4-3-15-8-29-18(34-15)7-16(28-29)19(30)27-14-6-13-5-12(1-2-17(13)33-10-14)9-31-11-21(24,25)26/h1-2,5,7,14-15,20H,3-4,6,8-11H2,(H,27,30)/t14-,15+/m1/s1. The number of alkyl halides is 5. The number of halogens is 5. The Morgan fingerprint density at radius 2 is 2.12 bits per heavy atom. The zero-order valence-corrected chi connectivity index (χ0v) is 17.8. The van der Waals surface area contributed by atoms with Crippen molar-refractivity contribution in [3.63, 3.8) is 0 Å². The fourth-order valence-electron chi connectivity index (χ4n) is 3.75. The smallest absolute Gasteiger partial charge is 0.411 e. The highest BCUT2D eigenvalue weighted by atomic mass is 19.4. The molecule has 34 heavy (non-hydrogen) atoms. The minimum atomic E-state index is -4.39. The van der Waals surface area contributed by atoms with E-state index in [9.17, 15) is 26.7 Å². The number of nitrogens with zero attached hydrogens (tertiary/aromatic N) is 2. The third-order valence-electron chi connectivity index (χ3n) is 5.22. The molecule has 0 spiro atoms. The average molecular weight is 491 g/mol. The summed E-state index contributed by atoms with van der Waals surface area (Å²) in [7, 11) is 0. The molecule has 13 heteroatoms. The Kier molecular flexibility index (Phi) is 7.22. The van der Waals surface area contributed by atoms with Crippen molar-refractivity contribution in [2.75, 3.05) is 19.8 Å². The third kappa shape index (κ3) is 6.35. The summed E-state index contributed by atoms with van der Waals surface area (Å²) in [6.45, 7) is -3.98. The molecule has 2 aliphatic heterocycles. The second kappa shape index (κ2) is 10.1. The molecule has 0 saturated carbocycles. The van der Waals surface area contributed by atoms with Crippen molar-refractivity contribution >= 4 is 5.91 Å². The van der Waals surface area contributed by atoms with Crippen LogP contribution in [0.25, 0.3) is 0 Å². The van der Waals surface area contributed by atoms with Gasteiger partial charge in [0.2, 0.25) is 5.88 Å². The van der Waals surface area contributed by atoms with Gasteiger partial charge in [-0.25, -0.2) is 4.68 Å². The summed E-state index contributed by atoms with van der Waals surface area (Å²) in [5, 5.41) is 7.03. The molecule has 1 aromatic heterocycles. The van der Waals surface area contributed by atoms with E-state index in [0.717, 1.165) is 5.56 Å². The van der Waals surface area contributed by atoms with Crippen molar-refractivity contribution in [3.8, 4) is 11.6 Å². The Morgan fingerprint density at radius 3 is 2.85 bits per heavy atom. The van der Waals surface area contributed by atoms with Crippen molar-refractivity contribution in [3.05, 3.63) is 41.1 Å². The Labute approximate surface area is 190 Å². The van der Waals surface area contributed by atoms with E-state index in [1.807, 2.05) is 0 Å². The van der Waals surface area contributed by atoms with Gasteiger partial charge in [-0.15, -0.1) is 0 Å². The van der Waals surface area contributed by atoms with Gasteiger partial charge in [-0.1, -0.05) is 6.07 Å². The maximum absolute atomic E-state index is 12.6. The van der Waals surface area contributed by atoms with E-state index < -0.39 is 25.3 Å².